The largest absolute Gasteiger partial charge is 0.471 e. The van der Waals surface area contributed by atoms with Gasteiger partial charge in [0.25, 0.3) is 0 Å². The third-order valence-electron chi connectivity index (χ3n) is 3.96. The van der Waals surface area contributed by atoms with Crippen molar-refractivity contribution in [3.8, 4) is 0 Å². The van der Waals surface area contributed by atoms with Crippen LogP contribution in [0.15, 0.2) is 24.3 Å². The molecular formula is C14H12F7NO3. The molecule has 140 valence electrons. The average molecular weight is 375 g/mol. The zero-order chi connectivity index (χ0) is 19.0. The topological polar surface area (TPSA) is 58.6 Å². The minimum atomic E-state index is -5.42. The monoisotopic (exact) mass is 375 g/mol. The van der Waals surface area contributed by atoms with Gasteiger partial charge >= 0.3 is 18.3 Å². The number of benzene rings is 1. The quantitative estimate of drug-likeness (QED) is 0.797. The number of aliphatic hydroxyl groups is 1. The summed E-state index contributed by atoms with van der Waals surface area (Å²) in [6.07, 6.45) is -13.1. The molecule has 2 rings (SSSR count). The normalized spacial score (nSPS) is 27.4. The fourth-order valence-corrected chi connectivity index (χ4v) is 2.85. The number of aliphatic hydroxyl groups excluding tert-OH is 1. The van der Waals surface area contributed by atoms with Gasteiger partial charge in [0.05, 0.1) is 18.8 Å². The highest BCUT2D eigenvalue weighted by molar-refractivity contribution is 5.82. The number of ether oxygens (including phenoxy) is 1. The molecule has 1 aromatic carbocycles. The number of hydrogen-bond acceptors (Lipinski definition) is 3. The number of nitrogens with one attached hydrogen (secondary N) is 1. The summed E-state index contributed by atoms with van der Waals surface area (Å²) in [6, 6.07) is 4.08. The standard InChI is InChI=1S/C14H12F7NO3/c15-9-4-2-1-3-7(9)12(22-11(24)14(19,20)21)6-25-10(8(12)5-23)13(16,17)18/h1-4,8,10,23H,5-6H2,(H,22,24)/t8-,10+,12-/m1/s1. The van der Waals surface area contributed by atoms with E-state index in [1.165, 1.54) is 17.4 Å². The average Bonchev–Trinajstić information content (AvgIpc) is 2.86. The Morgan fingerprint density at radius 1 is 1.24 bits per heavy atom. The van der Waals surface area contributed by atoms with Gasteiger partial charge in [-0.05, 0) is 6.07 Å². The van der Waals surface area contributed by atoms with E-state index in [0.717, 1.165) is 12.1 Å². The van der Waals surface area contributed by atoms with Crippen LogP contribution in [0.3, 0.4) is 0 Å². The number of carbonyl (C=O) groups excluding carboxylic acids is 1. The molecule has 0 unspecified atom stereocenters. The van der Waals surface area contributed by atoms with Crippen molar-refractivity contribution in [2.45, 2.75) is 24.0 Å². The first-order valence-corrected chi connectivity index (χ1v) is 6.87. The van der Waals surface area contributed by atoms with Gasteiger partial charge < -0.3 is 15.2 Å². The molecule has 1 aliphatic heterocycles. The van der Waals surface area contributed by atoms with Crippen molar-refractivity contribution < 1.29 is 45.4 Å². The molecule has 1 aromatic rings. The van der Waals surface area contributed by atoms with Gasteiger partial charge in [0.15, 0.2) is 6.10 Å². The molecule has 1 amide bonds. The van der Waals surface area contributed by atoms with Gasteiger partial charge in [-0.2, -0.15) is 26.3 Å². The van der Waals surface area contributed by atoms with Crippen molar-refractivity contribution in [2.75, 3.05) is 13.2 Å². The molecular weight excluding hydrogens is 363 g/mol. The van der Waals surface area contributed by atoms with Gasteiger partial charge in [-0.15, -0.1) is 0 Å². The molecule has 0 saturated carbocycles. The fourth-order valence-electron chi connectivity index (χ4n) is 2.85. The molecule has 4 nitrogen and oxygen atoms in total. The predicted molar refractivity (Wildman–Crippen MR) is 68.6 cm³/mol. The van der Waals surface area contributed by atoms with Crippen molar-refractivity contribution in [1.82, 2.24) is 5.32 Å². The zero-order valence-corrected chi connectivity index (χ0v) is 12.3. The highest BCUT2D eigenvalue weighted by atomic mass is 19.4. The van der Waals surface area contributed by atoms with Gasteiger partial charge in [0.1, 0.15) is 5.82 Å². The number of alkyl halides is 6. The summed E-state index contributed by atoms with van der Waals surface area (Å²) in [5.74, 6) is -5.79. The van der Waals surface area contributed by atoms with Crippen LogP contribution in [0.2, 0.25) is 0 Å². The van der Waals surface area contributed by atoms with E-state index in [1.807, 2.05) is 0 Å². The highest BCUT2D eigenvalue weighted by Gasteiger charge is 2.62. The maximum absolute atomic E-state index is 14.1. The van der Waals surface area contributed by atoms with E-state index < -0.39 is 60.4 Å². The Morgan fingerprint density at radius 3 is 2.32 bits per heavy atom. The molecule has 0 spiro atoms. The summed E-state index contributed by atoms with van der Waals surface area (Å²) in [5.41, 5.74) is -3.18. The van der Waals surface area contributed by atoms with Crippen molar-refractivity contribution >= 4 is 5.91 Å². The Balaban J connectivity index is 2.58. The number of carbonyl (C=O) groups is 1. The van der Waals surface area contributed by atoms with E-state index in [2.05, 4.69) is 4.74 Å². The summed E-state index contributed by atoms with van der Waals surface area (Å²) >= 11 is 0. The van der Waals surface area contributed by atoms with Crippen molar-refractivity contribution in [2.24, 2.45) is 5.92 Å². The molecule has 1 heterocycles. The second kappa shape index (κ2) is 6.45. The molecule has 0 aromatic heterocycles. The van der Waals surface area contributed by atoms with E-state index in [-0.39, 0.29) is 0 Å². The second-order valence-corrected chi connectivity index (χ2v) is 5.47. The minimum Gasteiger partial charge on any atom is -0.396 e. The molecule has 0 radical (unpaired) electrons. The Morgan fingerprint density at radius 2 is 1.84 bits per heavy atom. The third kappa shape index (κ3) is 3.56. The lowest BCUT2D eigenvalue weighted by Crippen LogP contribution is -2.57. The summed E-state index contributed by atoms with van der Waals surface area (Å²) in [6.45, 7) is -2.39. The van der Waals surface area contributed by atoms with Crippen molar-refractivity contribution in [1.29, 1.82) is 0 Å². The lowest BCUT2D eigenvalue weighted by Gasteiger charge is -2.36. The van der Waals surface area contributed by atoms with E-state index in [0.29, 0.717) is 0 Å². The second-order valence-electron chi connectivity index (χ2n) is 5.47. The molecule has 1 saturated heterocycles. The Hall–Kier alpha value is -1.88. The van der Waals surface area contributed by atoms with Gasteiger partial charge in [0.2, 0.25) is 0 Å². The van der Waals surface area contributed by atoms with Crippen LogP contribution in [-0.2, 0) is 15.1 Å². The van der Waals surface area contributed by atoms with Crippen LogP contribution in [0.1, 0.15) is 5.56 Å². The molecule has 3 atom stereocenters. The summed E-state index contributed by atoms with van der Waals surface area (Å²) in [5, 5.41) is 10.8. The number of amides is 1. The summed E-state index contributed by atoms with van der Waals surface area (Å²) in [7, 11) is 0. The first-order valence-electron chi connectivity index (χ1n) is 6.87. The molecule has 1 aliphatic rings. The van der Waals surface area contributed by atoms with E-state index in [1.54, 1.807) is 0 Å². The zero-order valence-electron chi connectivity index (χ0n) is 12.3. The minimum absolute atomic E-state index is 0.640. The van der Waals surface area contributed by atoms with Crippen LogP contribution in [0.25, 0.3) is 0 Å². The number of rotatable bonds is 3. The van der Waals surface area contributed by atoms with E-state index in [4.69, 9.17) is 0 Å². The van der Waals surface area contributed by atoms with Crippen LogP contribution < -0.4 is 5.32 Å². The molecule has 0 aliphatic carbocycles. The van der Waals surface area contributed by atoms with Crippen LogP contribution in [0.5, 0.6) is 0 Å². The van der Waals surface area contributed by atoms with Crippen LogP contribution in [-0.4, -0.2) is 42.7 Å². The van der Waals surface area contributed by atoms with Crippen LogP contribution in [0.4, 0.5) is 30.7 Å². The van der Waals surface area contributed by atoms with Crippen LogP contribution >= 0.6 is 0 Å². The number of halogens is 7. The predicted octanol–water partition coefficient (Wildman–Crippen LogP) is 2.27. The Labute approximate surface area is 136 Å². The lowest BCUT2D eigenvalue weighted by atomic mass is 9.77. The molecule has 1 fully saturated rings. The summed E-state index contributed by atoms with van der Waals surface area (Å²) in [4.78, 5) is 11.4. The molecule has 11 heteroatoms. The van der Waals surface area contributed by atoms with E-state index >= 15 is 0 Å². The van der Waals surface area contributed by atoms with E-state index in [9.17, 15) is 40.6 Å². The Kier molecular flexibility index (Phi) is 5.01. The van der Waals surface area contributed by atoms with Gasteiger partial charge in [-0.3, -0.25) is 4.79 Å². The fraction of sp³-hybridized carbons (Fsp3) is 0.500. The molecule has 2 N–H and O–H groups in total. The maximum Gasteiger partial charge on any atom is 0.471 e. The summed E-state index contributed by atoms with van der Waals surface area (Å²) < 4.78 is 95.7. The SMILES string of the molecule is O=C(N[C@@]1(c2ccccc2F)CO[C@H](C(F)(F)F)[C@H]1CO)C(F)(F)F. The first-order chi connectivity index (χ1) is 11.4. The lowest BCUT2D eigenvalue weighted by molar-refractivity contribution is -0.219. The Bertz CT molecular complexity index is 646. The van der Waals surface area contributed by atoms with Gasteiger partial charge in [0, 0.05) is 11.5 Å². The van der Waals surface area contributed by atoms with Gasteiger partial charge in [-0.25, -0.2) is 4.39 Å². The first kappa shape index (κ1) is 19.4. The van der Waals surface area contributed by atoms with Crippen molar-refractivity contribution in [3.63, 3.8) is 0 Å². The smallest absolute Gasteiger partial charge is 0.396 e. The van der Waals surface area contributed by atoms with Crippen LogP contribution in [0, 0.1) is 11.7 Å². The molecule has 25 heavy (non-hydrogen) atoms. The van der Waals surface area contributed by atoms with Gasteiger partial charge in [-0.1, -0.05) is 18.2 Å². The molecule has 0 bridgehead atoms. The third-order valence-corrected chi connectivity index (χ3v) is 3.96. The van der Waals surface area contributed by atoms with Crippen molar-refractivity contribution in [3.05, 3.63) is 35.6 Å². The number of hydrogen-bond donors (Lipinski definition) is 2. The maximum atomic E-state index is 14.1. The highest BCUT2D eigenvalue weighted by Crippen LogP contribution is 2.46.